The maximum Gasteiger partial charge on any atom is 0.303 e. The highest BCUT2D eigenvalue weighted by Gasteiger charge is 2.20. The van der Waals surface area contributed by atoms with Crippen LogP contribution in [0.15, 0.2) is 30.5 Å². The number of carbonyl (C=O) groups excluding carboxylic acids is 1. The lowest BCUT2D eigenvalue weighted by Gasteiger charge is -2.27. The standard InChI is InChI=1S/C16H20N2O3/c1-11(2)18(10-4-7-14(19)20)16(21)13-6-3-5-12-8-9-17-15(12)13/h3,5-6,8-9,11,17H,4,7,10H2,1-2H3,(H,19,20). The highest BCUT2D eigenvalue weighted by molar-refractivity contribution is 6.05. The molecule has 2 aromatic rings. The van der Waals surface area contributed by atoms with Crippen LogP contribution in [0, 0.1) is 0 Å². The molecule has 0 spiro atoms. The first-order valence-corrected chi connectivity index (χ1v) is 7.09. The van der Waals surface area contributed by atoms with Crippen molar-refractivity contribution in [2.75, 3.05) is 6.54 Å². The van der Waals surface area contributed by atoms with E-state index >= 15 is 0 Å². The first-order chi connectivity index (χ1) is 10.0. The van der Waals surface area contributed by atoms with Crippen LogP contribution in [0.3, 0.4) is 0 Å². The van der Waals surface area contributed by atoms with Crippen molar-refractivity contribution in [2.45, 2.75) is 32.7 Å². The molecule has 0 aliphatic carbocycles. The quantitative estimate of drug-likeness (QED) is 0.858. The molecule has 112 valence electrons. The third kappa shape index (κ3) is 3.42. The van der Waals surface area contributed by atoms with Crippen LogP contribution in [0.5, 0.6) is 0 Å². The number of carbonyl (C=O) groups is 2. The van der Waals surface area contributed by atoms with Crippen molar-refractivity contribution in [2.24, 2.45) is 0 Å². The topological polar surface area (TPSA) is 73.4 Å². The Balaban J connectivity index is 2.22. The van der Waals surface area contributed by atoms with Gasteiger partial charge in [0, 0.05) is 30.6 Å². The lowest BCUT2D eigenvalue weighted by molar-refractivity contribution is -0.137. The van der Waals surface area contributed by atoms with Crippen molar-refractivity contribution < 1.29 is 14.7 Å². The summed E-state index contributed by atoms with van der Waals surface area (Å²) in [6, 6.07) is 7.56. The van der Waals surface area contributed by atoms with E-state index < -0.39 is 5.97 Å². The molecule has 0 radical (unpaired) electrons. The Morgan fingerprint density at radius 3 is 2.71 bits per heavy atom. The van der Waals surface area contributed by atoms with Crippen LogP contribution in [0.1, 0.15) is 37.0 Å². The van der Waals surface area contributed by atoms with Gasteiger partial charge in [0.2, 0.25) is 0 Å². The number of para-hydroxylation sites is 1. The molecule has 0 saturated carbocycles. The van der Waals surface area contributed by atoms with Gasteiger partial charge < -0.3 is 15.0 Å². The predicted octanol–water partition coefficient (Wildman–Crippen LogP) is 2.88. The fraction of sp³-hybridized carbons (Fsp3) is 0.375. The highest BCUT2D eigenvalue weighted by atomic mass is 16.4. The summed E-state index contributed by atoms with van der Waals surface area (Å²) in [6.07, 6.45) is 2.34. The van der Waals surface area contributed by atoms with Crippen LogP contribution in [0.2, 0.25) is 0 Å². The zero-order chi connectivity index (χ0) is 15.4. The van der Waals surface area contributed by atoms with Gasteiger partial charge in [-0.2, -0.15) is 0 Å². The fourth-order valence-electron chi connectivity index (χ4n) is 2.41. The Labute approximate surface area is 123 Å². The van der Waals surface area contributed by atoms with Gasteiger partial charge in [-0.25, -0.2) is 0 Å². The minimum atomic E-state index is -0.836. The molecular weight excluding hydrogens is 268 g/mol. The van der Waals surface area contributed by atoms with E-state index in [0.29, 0.717) is 18.5 Å². The smallest absolute Gasteiger partial charge is 0.303 e. The molecule has 0 aliphatic heterocycles. The summed E-state index contributed by atoms with van der Waals surface area (Å²) in [4.78, 5) is 28.2. The number of carboxylic acid groups (broad SMARTS) is 1. The second-order valence-corrected chi connectivity index (χ2v) is 5.34. The largest absolute Gasteiger partial charge is 0.481 e. The van der Waals surface area contributed by atoms with Crippen LogP contribution < -0.4 is 0 Å². The molecule has 5 heteroatoms. The van der Waals surface area contributed by atoms with E-state index in [1.807, 2.05) is 38.2 Å². The summed E-state index contributed by atoms with van der Waals surface area (Å²) >= 11 is 0. The maximum absolute atomic E-state index is 12.7. The van der Waals surface area contributed by atoms with E-state index in [2.05, 4.69) is 4.98 Å². The van der Waals surface area contributed by atoms with Gasteiger partial charge in [0.25, 0.3) is 5.91 Å². The zero-order valence-corrected chi connectivity index (χ0v) is 12.3. The summed E-state index contributed by atoms with van der Waals surface area (Å²) in [5, 5.41) is 9.72. The number of H-pyrrole nitrogens is 1. The first kappa shape index (κ1) is 15.1. The number of carboxylic acids is 1. The number of nitrogens with zero attached hydrogens (tertiary/aromatic N) is 1. The van der Waals surface area contributed by atoms with E-state index in [-0.39, 0.29) is 18.4 Å². The van der Waals surface area contributed by atoms with Crippen LogP contribution in [0.4, 0.5) is 0 Å². The molecule has 21 heavy (non-hydrogen) atoms. The van der Waals surface area contributed by atoms with Gasteiger partial charge in [-0.3, -0.25) is 9.59 Å². The van der Waals surface area contributed by atoms with E-state index in [9.17, 15) is 9.59 Å². The van der Waals surface area contributed by atoms with Crippen LogP contribution in [-0.2, 0) is 4.79 Å². The number of aromatic amines is 1. The molecule has 2 rings (SSSR count). The number of rotatable bonds is 6. The third-order valence-corrected chi connectivity index (χ3v) is 3.49. The third-order valence-electron chi connectivity index (χ3n) is 3.49. The molecular formula is C16H20N2O3. The molecule has 0 bridgehead atoms. The molecule has 2 N–H and O–H groups in total. The van der Waals surface area contributed by atoms with Gasteiger partial charge in [-0.15, -0.1) is 0 Å². The van der Waals surface area contributed by atoms with Gasteiger partial charge in [0.1, 0.15) is 0 Å². The van der Waals surface area contributed by atoms with Gasteiger partial charge in [0.05, 0.1) is 11.1 Å². The van der Waals surface area contributed by atoms with Crippen LogP contribution in [0.25, 0.3) is 10.9 Å². The molecule has 0 atom stereocenters. The number of benzene rings is 1. The van der Waals surface area contributed by atoms with Crippen molar-refractivity contribution in [3.8, 4) is 0 Å². The lowest BCUT2D eigenvalue weighted by atomic mass is 10.1. The molecule has 1 aromatic heterocycles. The fourth-order valence-corrected chi connectivity index (χ4v) is 2.41. The number of aliphatic carboxylic acids is 1. The Bertz CT molecular complexity index is 646. The van der Waals surface area contributed by atoms with Gasteiger partial charge in [-0.05, 0) is 32.4 Å². The monoisotopic (exact) mass is 288 g/mol. The maximum atomic E-state index is 12.7. The summed E-state index contributed by atoms with van der Waals surface area (Å²) < 4.78 is 0. The van der Waals surface area contributed by atoms with Gasteiger partial charge >= 0.3 is 5.97 Å². The van der Waals surface area contributed by atoms with Crippen molar-refractivity contribution in [1.82, 2.24) is 9.88 Å². The van der Waals surface area contributed by atoms with E-state index in [1.54, 1.807) is 11.0 Å². The highest BCUT2D eigenvalue weighted by Crippen LogP contribution is 2.19. The summed E-state index contributed by atoms with van der Waals surface area (Å²) in [7, 11) is 0. The Kier molecular flexibility index (Phi) is 4.62. The molecule has 0 aliphatic rings. The van der Waals surface area contributed by atoms with Gasteiger partial charge in [0.15, 0.2) is 0 Å². The van der Waals surface area contributed by atoms with Crippen molar-refractivity contribution in [3.05, 3.63) is 36.0 Å². The Morgan fingerprint density at radius 1 is 1.29 bits per heavy atom. The second-order valence-electron chi connectivity index (χ2n) is 5.34. The molecule has 5 nitrogen and oxygen atoms in total. The van der Waals surface area contributed by atoms with Crippen molar-refractivity contribution >= 4 is 22.8 Å². The van der Waals surface area contributed by atoms with E-state index in [1.165, 1.54) is 0 Å². The number of fused-ring (bicyclic) bond motifs is 1. The molecule has 0 fully saturated rings. The average molecular weight is 288 g/mol. The van der Waals surface area contributed by atoms with Crippen molar-refractivity contribution in [3.63, 3.8) is 0 Å². The molecule has 1 amide bonds. The van der Waals surface area contributed by atoms with E-state index in [4.69, 9.17) is 5.11 Å². The molecule has 0 saturated heterocycles. The normalized spacial score (nSPS) is 11.0. The molecule has 0 unspecified atom stereocenters. The predicted molar refractivity (Wildman–Crippen MR) is 81.3 cm³/mol. The summed E-state index contributed by atoms with van der Waals surface area (Å²) in [5.41, 5.74) is 1.45. The minimum absolute atomic E-state index is 0.0245. The summed E-state index contributed by atoms with van der Waals surface area (Å²) in [6.45, 7) is 4.32. The summed E-state index contributed by atoms with van der Waals surface area (Å²) in [5.74, 6) is -0.902. The Morgan fingerprint density at radius 2 is 2.05 bits per heavy atom. The average Bonchev–Trinajstić information content (AvgIpc) is 2.90. The zero-order valence-electron chi connectivity index (χ0n) is 12.3. The molecule has 1 aromatic carbocycles. The lowest BCUT2D eigenvalue weighted by Crippen LogP contribution is -2.38. The first-order valence-electron chi connectivity index (χ1n) is 7.09. The number of amides is 1. The number of hydrogen-bond acceptors (Lipinski definition) is 2. The number of nitrogens with one attached hydrogen (secondary N) is 1. The number of hydrogen-bond donors (Lipinski definition) is 2. The van der Waals surface area contributed by atoms with E-state index in [0.717, 1.165) is 10.9 Å². The second kappa shape index (κ2) is 6.43. The number of aromatic nitrogens is 1. The van der Waals surface area contributed by atoms with Gasteiger partial charge in [-0.1, -0.05) is 12.1 Å². The van der Waals surface area contributed by atoms with Crippen LogP contribution >= 0.6 is 0 Å². The SMILES string of the molecule is CC(C)N(CCCC(=O)O)C(=O)c1cccc2cc[nH]c12. The minimum Gasteiger partial charge on any atom is -0.481 e. The van der Waals surface area contributed by atoms with Crippen molar-refractivity contribution in [1.29, 1.82) is 0 Å². The Hall–Kier alpha value is -2.30. The van der Waals surface area contributed by atoms with Crippen LogP contribution in [-0.4, -0.2) is 39.5 Å². The molecule has 1 heterocycles.